The molecule has 0 aromatic heterocycles. The van der Waals surface area contributed by atoms with Gasteiger partial charge in [0.15, 0.2) is 5.17 Å². The zero-order valence-electron chi connectivity index (χ0n) is 23.3. The number of fused-ring (bicyclic) bond motifs is 1. The lowest BCUT2D eigenvalue weighted by molar-refractivity contribution is -0.151. The van der Waals surface area contributed by atoms with E-state index in [-0.39, 0.29) is 30.8 Å². The first-order valence-corrected chi connectivity index (χ1v) is 14.1. The molecule has 4 rings (SSSR count). The number of rotatable bonds is 10. The van der Waals surface area contributed by atoms with Gasteiger partial charge in [-0.2, -0.15) is 0 Å². The number of nitrogens with zero attached hydrogens (tertiary/aromatic N) is 3. The monoisotopic (exact) mass is 569 g/mol. The van der Waals surface area contributed by atoms with Gasteiger partial charge in [0.25, 0.3) is 0 Å². The van der Waals surface area contributed by atoms with E-state index >= 15 is 0 Å². The molecule has 40 heavy (non-hydrogen) atoms. The lowest BCUT2D eigenvalue weighted by Crippen LogP contribution is -2.42. The average molecular weight is 570 g/mol. The highest BCUT2D eigenvalue weighted by molar-refractivity contribution is 8.16. The molecule has 0 bridgehead atoms. The molecular formula is C29H35N3O7S. The van der Waals surface area contributed by atoms with Gasteiger partial charge < -0.3 is 28.7 Å². The molecule has 3 aliphatic heterocycles. The molecule has 1 atom stereocenters. The molecule has 214 valence electrons. The third-order valence-electron chi connectivity index (χ3n) is 7.04. The van der Waals surface area contributed by atoms with Gasteiger partial charge in [-0.15, -0.1) is 0 Å². The molecule has 0 aliphatic carbocycles. The minimum atomic E-state index is -0.627. The molecule has 0 N–H and O–H groups in total. The van der Waals surface area contributed by atoms with Gasteiger partial charge in [0.2, 0.25) is 5.91 Å². The van der Waals surface area contributed by atoms with E-state index in [2.05, 4.69) is 6.58 Å². The largest absolute Gasteiger partial charge is 0.497 e. The van der Waals surface area contributed by atoms with E-state index in [1.54, 1.807) is 39.0 Å². The predicted molar refractivity (Wildman–Crippen MR) is 152 cm³/mol. The summed E-state index contributed by atoms with van der Waals surface area (Å²) in [4.78, 5) is 47.3. The fourth-order valence-corrected chi connectivity index (χ4v) is 6.00. The van der Waals surface area contributed by atoms with E-state index < -0.39 is 12.0 Å². The molecule has 1 saturated heterocycles. The number of aliphatic imine (C=N–C) groups is 1. The van der Waals surface area contributed by atoms with Crippen LogP contribution in [0.25, 0.3) is 0 Å². The number of ether oxygens (including phenoxy) is 4. The second-order valence-electron chi connectivity index (χ2n) is 9.51. The van der Waals surface area contributed by atoms with Crippen molar-refractivity contribution in [3.05, 3.63) is 58.8 Å². The molecule has 1 aromatic rings. The number of likely N-dealkylation sites (tertiary alicyclic amines) is 1. The summed E-state index contributed by atoms with van der Waals surface area (Å²) >= 11 is 1.40. The molecule has 0 spiro atoms. The van der Waals surface area contributed by atoms with Crippen molar-refractivity contribution in [2.75, 3.05) is 40.5 Å². The molecular weight excluding hydrogens is 534 g/mol. The van der Waals surface area contributed by atoms with Gasteiger partial charge in [-0.3, -0.25) is 9.59 Å². The number of methoxy groups -OCH3 is 2. The van der Waals surface area contributed by atoms with Gasteiger partial charge in [-0.25, -0.2) is 9.79 Å². The van der Waals surface area contributed by atoms with Crippen LogP contribution in [0.3, 0.4) is 0 Å². The molecule has 1 amide bonds. The number of hydrogen-bond acceptors (Lipinski definition) is 10. The minimum Gasteiger partial charge on any atom is -0.497 e. The van der Waals surface area contributed by atoms with Gasteiger partial charge in [-0.05, 0) is 49.8 Å². The number of esters is 2. The quantitative estimate of drug-likeness (QED) is 0.303. The van der Waals surface area contributed by atoms with E-state index in [1.807, 2.05) is 22.4 Å². The molecule has 3 heterocycles. The van der Waals surface area contributed by atoms with Crippen molar-refractivity contribution in [2.45, 2.75) is 39.2 Å². The highest BCUT2D eigenvalue weighted by Crippen LogP contribution is 2.46. The van der Waals surface area contributed by atoms with Gasteiger partial charge in [0.05, 0.1) is 50.5 Å². The number of hydrogen-bond donors (Lipinski definition) is 0. The van der Waals surface area contributed by atoms with E-state index in [4.69, 9.17) is 23.9 Å². The number of allylic oxidation sites excluding steroid dienone is 1. The average Bonchev–Trinajstić information content (AvgIpc) is 3.36. The van der Waals surface area contributed by atoms with Crippen molar-refractivity contribution in [1.82, 2.24) is 9.80 Å². The molecule has 1 fully saturated rings. The summed E-state index contributed by atoms with van der Waals surface area (Å²) in [6.07, 6.45) is 2.77. The van der Waals surface area contributed by atoms with Crippen LogP contribution in [-0.2, 0) is 23.9 Å². The third-order valence-corrected chi connectivity index (χ3v) is 7.93. The van der Waals surface area contributed by atoms with Crippen molar-refractivity contribution < 1.29 is 33.3 Å². The van der Waals surface area contributed by atoms with Crippen LogP contribution in [0.1, 0.15) is 44.7 Å². The van der Waals surface area contributed by atoms with Crippen molar-refractivity contribution in [3.63, 3.8) is 0 Å². The Morgan fingerprint density at radius 1 is 1.10 bits per heavy atom. The van der Waals surface area contributed by atoms with Gasteiger partial charge in [-0.1, -0.05) is 24.4 Å². The fourth-order valence-electron chi connectivity index (χ4n) is 5.04. The Morgan fingerprint density at radius 2 is 1.77 bits per heavy atom. The Balaban J connectivity index is 1.62. The van der Waals surface area contributed by atoms with Crippen LogP contribution in [0, 0.1) is 5.92 Å². The minimum absolute atomic E-state index is 0.0536. The summed E-state index contributed by atoms with van der Waals surface area (Å²) in [5, 5.41) is 2.56. The Labute approximate surface area is 238 Å². The topological polar surface area (TPSA) is 107 Å². The van der Waals surface area contributed by atoms with Crippen LogP contribution in [0.4, 0.5) is 0 Å². The van der Waals surface area contributed by atoms with Crippen molar-refractivity contribution in [1.29, 1.82) is 0 Å². The number of thioether (sulfide) groups is 1. The van der Waals surface area contributed by atoms with Crippen LogP contribution in [0.5, 0.6) is 11.5 Å². The second kappa shape index (κ2) is 13.1. The first-order valence-electron chi connectivity index (χ1n) is 13.2. The Hall–Kier alpha value is -3.73. The highest BCUT2D eigenvalue weighted by Gasteiger charge is 2.42. The maximum Gasteiger partial charge on any atom is 0.338 e. The molecule has 0 unspecified atom stereocenters. The van der Waals surface area contributed by atoms with E-state index in [1.165, 1.54) is 17.8 Å². The molecule has 0 radical (unpaired) electrons. The number of benzene rings is 1. The van der Waals surface area contributed by atoms with E-state index in [0.29, 0.717) is 60.5 Å². The second-order valence-corrected chi connectivity index (χ2v) is 10.3. The maximum atomic E-state index is 13.4. The summed E-state index contributed by atoms with van der Waals surface area (Å²) < 4.78 is 21.6. The van der Waals surface area contributed by atoms with E-state index in [9.17, 15) is 14.4 Å². The standard InChI is InChI=1S/C29H35N3O7S/c1-6-12-39-28(35)25-18(3)30-29-32(26(25)20-13-22(36-4)16-23(14-20)37-5)21(17-40-29)15-24(33)31-10-8-19(9-11-31)27(34)38-7-2/h6,13-14,16-17,19,26H,1,7-12,15H2,2-5H3/t26-/m1/s1. The Kier molecular flexibility index (Phi) is 9.57. The van der Waals surface area contributed by atoms with Crippen LogP contribution in [-0.4, -0.2) is 73.3 Å². The summed E-state index contributed by atoms with van der Waals surface area (Å²) in [6, 6.07) is 4.81. The fraction of sp³-hybridized carbons (Fsp3) is 0.448. The molecule has 10 nitrogen and oxygen atoms in total. The Bertz CT molecular complexity index is 1240. The van der Waals surface area contributed by atoms with Crippen LogP contribution in [0.15, 0.2) is 58.2 Å². The number of amides is 1. The predicted octanol–water partition coefficient (Wildman–Crippen LogP) is 4.20. The van der Waals surface area contributed by atoms with Crippen molar-refractivity contribution in [3.8, 4) is 11.5 Å². The van der Waals surface area contributed by atoms with Crippen molar-refractivity contribution >= 4 is 34.8 Å². The first-order chi connectivity index (χ1) is 19.3. The lowest BCUT2D eigenvalue weighted by atomic mass is 9.93. The Morgan fingerprint density at radius 3 is 2.38 bits per heavy atom. The number of carbonyl (C=O) groups excluding carboxylic acids is 3. The smallest absolute Gasteiger partial charge is 0.338 e. The van der Waals surface area contributed by atoms with Crippen molar-refractivity contribution in [2.24, 2.45) is 10.9 Å². The summed E-state index contributed by atoms with van der Waals surface area (Å²) in [7, 11) is 3.13. The van der Waals surface area contributed by atoms with Gasteiger partial charge >= 0.3 is 11.9 Å². The van der Waals surface area contributed by atoms with Gasteiger partial charge in [0.1, 0.15) is 18.1 Å². The number of amidine groups is 1. The summed E-state index contributed by atoms with van der Waals surface area (Å²) in [5.74, 6) is 0.166. The summed E-state index contributed by atoms with van der Waals surface area (Å²) in [5.41, 5.74) is 2.33. The van der Waals surface area contributed by atoms with E-state index in [0.717, 1.165) is 11.3 Å². The SMILES string of the molecule is C=CCOC(=O)C1=C(C)N=C2SC=C(CC(=O)N3CCC(C(=O)OCC)CC3)N2[C@@H]1c1cc(OC)cc(OC)c1. The zero-order chi connectivity index (χ0) is 28.8. The molecule has 1 aromatic carbocycles. The highest BCUT2D eigenvalue weighted by atomic mass is 32.2. The third kappa shape index (κ3) is 6.19. The molecule has 0 saturated carbocycles. The van der Waals surface area contributed by atoms with Crippen LogP contribution in [0.2, 0.25) is 0 Å². The van der Waals surface area contributed by atoms with Gasteiger partial charge in [0, 0.05) is 24.9 Å². The lowest BCUT2D eigenvalue weighted by Gasteiger charge is -2.37. The number of carbonyl (C=O) groups is 3. The first kappa shape index (κ1) is 29.3. The number of piperidine rings is 1. The molecule has 11 heteroatoms. The normalized spacial score (nSPS) is 18.9. The zero-order valence-corrected chi connectivity index (χ0v) is 24.1. The van der Waals surface area contributed by atoms with Crippen LogP contribution < -0.4 is 9.47 Å². The summed E-state index contributed by atoms with van der Waals surface area (Å²) in [6.45, 7) is 8.58. The maximum absolute atomic E-state index is 13.4. The van der Waals surface area contributed by atoms with Crippen LogP contribution >= 0.6 is 11.8 Å². The molecule has 3 aliphatic rings.